The van der Waals surface area contributed by atoms with Gasteiger partial charge in [0.05, 0.1) is 6.54 Å². The molecule has 0 spiro atoms. The van der Waals surface area contributed by atoms with Gasteiger partial charge in [0.25, 0.3) is 11.7 Å². The van der Waals surface area contributed by atoms with E-state index in [4.69, 9.17) is 0 Å². The molecule has 1 saturated heterocycles. The highest BCUT2D eigenvalue weighted by molar-refractivity contribution is 6.42. The summed E-state index contributed by atoms with van der Waals surface area (Å²) in [5.74, 6) is 1.26. The second kappa shape index (κ2) is 8.39. The van der Waals surface area contributed by atoms with E-state index >= 15 is 0 Å². The van der Waals surface area contributed by atoms with Crippen molar-refractivity contribution in [2.45, 2.75) is 38.8 Å². The molecule has 1 fully saturated rings. The van der Waals surface area contributed by atoms with Crippen LogP contribution in [0.3, 0.4) is 0 Å². The average molecular weight is 370 g/mol. The lowest BCUT2D eigenvalue weighted by Crippen LogP contribution is -2.42. The molecule has 0 unspecified atom stereocenters. The molecule has 0 aromatic carbocycles. The van der Waals surface area contributed by atoms with Gasteiger partial charge in [0.15, 0.2) is 0 Å². The van der Waals surface area contributed by atoms with Crippen LogP contribution in [0.2, 0.25) is 0 Å². The number of ketones is 1. The first-order valence-electron chi connectivity index (χ1n) is 9.31. The summed E-state index contributed by atoms with van der Waals surface area (Å²) < 4.78 is 2.17. The van der Waals surface area contributed by atoms with Crippen molar-refractivity contribution in [1.82, 2.24) is 29.5 Å². The minimum Gasteiger partial charge on any atom is -0.336 e. The van der Waals surface area contributed by atoms with Crippen molar-refractivity contribution in [3.63, 3.8) is 0 Å². The molecule has 1 aliphatic heterocycles. The third-order valence-corrected chi connectivity index (χ3v) is 4.90. The minimum absolute atomic E-state index is 0.255. The Morgan fingerprint density at radius 1 is 1.22 bits per heavy atom. The highest BCUT2D eigenvalue weighted by Gasteiger charge is 2.30. The van der Waals surface area contributed by atoms with E-state index in [2.05, 4.69) is 31.6 Å². The quantitative estimate of drug-likeness (QED) is 0.564. The Kier molecular flexibility index (Phi) is 5.95. The van der Waals surface area contributed by atoms with Gasteiger partial charge in [-0.15, -0.1) is 10.2 Å². The normalized spacial score (nSPS) is 15.3. The van der Waals surface area contributed by atoms with Crippen molar-refractivity contribution in [3.8, 4) is 0 Å². The van der Waals surface area contributed by atoms with E-state index in [1.807, 2.05) is 14.1 Å². The second-order valence-corrected chi connectivity index (χ2v) is 7.09. The maximum absolute atomic E-state index is 12.5. The summed E-state index contributed by atoms with van der Waals surface area (Å²) in [6.07, 6.45) is 4.59. The Bertz CT molecular complexity index is 794. The smallest absolute Gasteiger partial charge is 0.295 e. The predicted octanol–water partition coefficient (Wildman–Crippen LogP) is 1.34. The third-order valence-electron chi connectivity index (χ3n) is 4.90. The molecule has 3 rings (SSSR count). The number of piperidine rings is 1. The van der Waals surface area contributed by atoms with Crippen molar-refractivity contribution in [2.24, 2.45) is 0 Å². The number of Topliss-reactive ketones (excluding diaryl/α,β-unsaturated/α-hetero) is 1. The van der Waals surface area contributed by atoms with Gasteiger partial charge in [-0.3, -0.25) is 14.6 Å². The zero-order valence-electron chi connectivity index (χ0n) is 16.1. The van der Waals surface area contributed by atoms with Crippen molar-refractivity contribution < 1.29 is 9.59 Å². The first-order chi connectivity index (χ1) is 13.0. The Labute approximate surface area is 159 Å². The summed E-state index contributed by atoms with van der Waals surface area (Å²) in [5, 5.41) is 8.78. The monoisotopic (exact) mass is 370 g/mol. The Balaban J connectivity index is 1.64. The van der Waals surface area contributed by atoms with Gasteiger partial charge in [-0.2, -0.15) is 0 Å². The van der Waals surface area contributed by atoms with Crippen LogP contribution in [-0.2, 0) is 17.9 Å². The zero-order chi connectivity index (χ0) is 19.4. The lowest BCUT2D eigenvalue weighted by Gasteiger charge is -2.31. The van der Waals surface area contributed by atoms with E-state index in [1.54, 1.807) is 23.2 Å². The summed E-state index contributed by atoms with van der Waals surface area (Å²) in [6, 6.07) is 3.28. The molecule has 0 atom stereocenters. The van der Waals surface area contributed by atoms with Crippen LogP contribution < -0.4 is 0 Å². The number of amides is 1. The zero-order valence-corrected chi connectivity index (χ0v) is 16.1. The summed E-state index contributed by atoms with van der Waals surface area (Å²) >= 11 is 0. The van der Waals surface area contributed by atoms with Crippen LogP contribution in [0.15, 0.2) is 24.5 Å². The molecule has 0 saturated carbocycles. The first kappa shape index (κ1) is 19.2. The summed E-state index contributed by atoms with van der Waals surface area (Å²) in [7, 11) is 4.02. The maximum Gasteiger partial charge on any atom is 0.295 e. The van der Waals surface area contributed by atoms with Crippen molar-refractivity contribution in [2.75, 3.05) is 27.2 Å². The van der Waals surface area contributed by atoms with E-state index in [1.165, 1.54) is 6.20 Å². The van der Waals surface area contributed by atoms with Crippen LogP contribution in [0.25, 0.3) is 0 Å². The number of pyridine rings is 1. The summed E-state index contributed by atoms with van der Waals surface area (Å²) in [6.45, 7) is 4.77. The van der Waals surface area contributed by atoms with Gasteiger partial charge in [0.2, 0.25) is 0 Å². The van der Waals surface area contributed by atoms with Crippen LogP contribution >= 0.6 is 0 Å². The average Bonchev–Trinajstić information content (AvgIpc) is 3.09. The fraction of sp³-hybridized carbons (Fsp3) is 0.526. The Morgan fingerprint density at radius 2 is 1.96 bits per heavy atom. The Morgan fingerprint density at radius 3 is 2.56 bits per heavy atom. The SMILES string of the molecule is CCn1c(CN(C)C)nnc1C1CCN(C(=O)C(=O)c2cccnc2)CC1. The van der Waals surface area contributed by atoms with Crippen LogP contribution in [0.5, 0.6) is 0 Å². The second-order valence-electron chi connectivity index (χ2n) is 7.09. The molecule has 3 heterocycles. The van der Waals surface area contributed by atoms with Gasteiger partial charge in [-0.25, -0.2) is 0 Å². The van der Waals surface area contributed by atoms with E-state index in [0.29, 0.717) is 18.7 Å². The van der Waals surface area contributed by atoms with E-state index < -0.39 is 11.7 Å². The molecular formula is C19H26N6O2. The topological polar surface area (TPSA) is 84.2 Å². The highest BCUT2D eigenvalue weighted by Crippen LogP contribution is 2.27. The van der Waals surface area contributed by atoms with Crippen LogP contribution in [0, 0.1) is 0 Å². The molecule has 1 aliphatic rings. The van der Waals surface area contributed by atoms with Gasteiger partial charge in [0, 0.05) is 43.5 Å². The minimum atomic E-state index is -0.494. The molecule has 144 valence electrons. The molecule has 0 bridgehead atoms. The third kappa shape index (κ3) is 4.21. The van der Waals surface area contributed by atoms with Gasteiger partial charge >= 0.3 is 0 Å². The van der Waals surface area contributed by atoms with Gasteiger partial charge in [-0.05, 0) is 46.0 Å². The van der Waals surface area contributed by atoms with Crippen LogP contribution in [0.1, 0.15) is 47.7 Å². The fourth-order valence-corrected chi connectivity index (χ4v) is 3.50. The van der Waals surface area contributed by atoms with Gasteiger partial charge < -0.3 is 14.4 Å². The summed E-state index contributed by atoms with van der Waals surface area (Å²) in [5.41, 5.74) is 0.337. The fourth-order valence-electron chi connectivity index (χ4n) is 3.50. The van der Waals surface area contributed by atoms with E-state index in [-0.39, 0.29) is 5.92 Å². The molecule has 8 heteroatoms. The number of hydrogen-bond donors (Lipinski definition) is 0. The molecule has 27 heavy (non-hydrogen) atoms. The van der Waals surface area contributed by atoms with Crippen LogP contribution in [0.4, 0.5) is 0 Å². The lowest BCUT2D eigenvalue weighted by atomic mass is 9.95. The highest BCUT2D eigenvalue weighted by atomic mass is 16.2. The molecule has 2 aromatic heterocycles. The predicted molar refractivity (Wildman–Crippen MR) is 100 cm³/mol. The van der Waals surface area contributed by atoms with E-state index in [9.17, 15) is 9.59 Å². The molecule has 0 aliphatic carbocycles. The molecule has 8 nitrogen and oxygen atoms in total. The Hall–Kier alpha value is -2.61. The van der Waals surface area contributed by atoms with E-state index in [0.717, 1.165) is 37.6 Å². The van der Waals surface area contributed by atoms with Gasteiger partial charge in [-0.1, -0.05) is 0 Å². The maximum atomic E-state index is 12.5. The molecular weight excluding hydrogens is 344 g/mol. The molecule has 2 aromatic rings. The molecule has 1 amide bonds. The van der Waals surface area contributed by atoms with Crippen LogP contribution in [-0.4, -0.2) is 68.4 Å². The molecule has 0 radical (unpaired) electrons. The van der Waals surface area contributed by atoms with Gasteiger partial charge in [0.1, 0.15) is 11.6 Å². The van der Waals surface area contributed by atoms with Crippen molar-refractivity contribution >= 4 is 11.7 Å². The number of carbonyl (C=O) groups is 2. The lowest BCUT2D eigenvalue weighted by molar-refractivity contribution is -0.127. The number of hydrogen-bond acceptors (Lipinski definition) is 6. The van der Waals surface area contributed by atoms with Crippen molar-refractivity contribution in [1.29, 1.82) is 0 Å². The van der Waals surface area contributed by atoms with Crippen molar-refractivity contribution in [3.05, 3.63) is 41.7 Å². The number of rotatable bonds is 6. The molecule has 0 N–H and O–H groups in total. The number of aromatic nitrogens is 4. The number of carbonyl (C=O) groups excluding carboxylic acids is 2. The number of likely N-dealkylation sites (tertiary alicyclic amines) is 1. The summed E-state index contributed by atoms with van der Waals surface area (Å²) in [4.78, 5) is 32.5. The number of nitrogens with zero attached hydrogens (tertiary/aromatic N) is 6. The largest absolute Gasteiger partial charge is 0.336 e. The first-order valence-corrected chi connectivity index (χ1v) is 9.31. The standard InChI is InChI=1S/C19H26N6O2/c1-4-25-16(13-23(2)3)21-22-18(25)14-7-10-24(11-8-14)19(27)17(26)15-6-5-9-20-12-15/h5-6,9,12,14H,4,7-8,10-11,13H2,1-3H3.